The Hall–Kier alpha value is -1.63. The van der Waals surface area contributed by atoms with E-state index in [9.17, 15) is 4.39 Å². The van der Waals surface area contributed by atoms with Crippen LogP contribution in [0.15, 0.2) is 42.5 Å². The molecule has 0 bridgehead atoms. The summed E-state index contributed by atoms with van der Waals surface area (Å²) >= 11 is 0. The van der Waals surface area contributed by atoms with Crippen molar-refractivity contribution in [3.05, 3.63) is 59.4 Å². The van der Waals surface area contributed by atoms with Crippen molar-refractivity contribution >= 4 is 0 Å². The van der Waals surface area contributed by atoms with Gasteiger partial charge in [-0.3, -0.25) is 0 Å². The molecule has 2 fully saturated rings. The maximum atomic E-state index is 14.9. The molecular formula is C27H35F. The molecule has 0 unspecified atom stereocenters. The van der Waals surface area contributed by atoms with Crippen LogP contribution in [-0.2, 0) is 0 Å². The van der Waals surface area contributed by atoms with Gasteiger partial charge in [-0.05, 0) is 90.5 Å². The molecule has 2 aromatic carbocycles. The molecule has 2 saturated carbocycles. The molecule has 2 aliphatic carbocycles. The van der Waals surface area contributed by atoms with Crippen LogP contribution in [0.5, 0.6) is 0 Å². The molecule has 0 heterocycles. The third kappa shape index (κ3) is 4.34. The minimum absolute atomic E-state index is 0.0113. The maximum Gasteiger partial charge on any atom is 0.127 e. The van der Waals surface area contributed by atoms with E-state index in [4.69, 9.17) is 0 Å². The summed E-state index contributed by atoms with van der Waals surface area (Å²) in [6, 6.07) is 14.9. The van der Waals surface area contributed by atoms with Crippen molar-refractivity contribution in [1.82, 2.24) is 0 Å². The van der Waals surface area contributed by atoms with Gasteiger partial charge in [-0.25, -0.2) is 4.39 Å². The zero-order valence-corrected chi connectivity index (χ0v) is 17.6. The van der Waals surface area contributed by atoms with Gasteiger partial charge in [0, 0.05) is 0 Å². The van der Waals surface area contributed by atoms with Gasteiger partial charge in [-0.15, -0.1) is 0 Å². The first kappa shape index (κ1) is 19.7. The zero-order valence-electron chi connectivity index (χ0n) is 17.6. The van der Waals surface area contributed by atoms with Gasteiger partial charge in [0.1, 0.15) is 5.82 Å². The van der Waals surface area contributed by atoms with E-state index in [1.54, 1.807) is 6.07 Å². The summed E-state index contributed by atoms with van der Waals surface area (Å²) in [5.41, 5.74) is 4.53. The van der Waals surface area contributed by atoms with Crippen LogP contribution < -0.4 is 0 Å². The summed E-state index contributed by atoms with van der Waals surface area (Å²) in [5.74, 6) is 2.84. The van der Waals surface area contributed by atoms with E-state index in [-0.39, 0.29) is 5.82 Å². The highest BCUT2D eigenvalue weighted by molar-refractivity contribution is 5.64. The minimum atomic E-state index is -0.0113. The van der Waals surface area contributed by atoms with Crippen molar-refractivity contribution in [2.75, 3.05) is 0 Å². The Balaban J connectivity index is 1.45. The summed E-state index contributed by atoms with van der Waals surface area (Å²) in [4.78, 5) is 0. The highest BCUT2D eigenvalue weighted by Crippen LogP contribution is 2.39. The van der Waals surface area contributed by atoms with Crippen LogP contribution in [0.3, 0.4) is 0 Å². The Morgan fingerprint density at radius 2 is 1.36 bits per heavy atom. The van der Waals surface area contributed by atoms with Crippen LogP contribution in [0, 0.1) is 17.7 Å². The monoisotopic (exact) mass is 378 g/mol. The second kappa shape index (κ2) is 8.80. The van der Waals surface area contributed by atoms with Crippen molar-refractivity contribution < 1.29 is 4.39 Å². The third-order valence-corrected chi connectivity index (χ3v) is 7.60. The van der Waals surface area contributed by atoms with Gasteiger partial charge in [0.15, 0.2) is 0 Å². The van der Waals surface area contributed by atoms with Crippen molar-refractivity contribution in [2.24, 2.45) is 11.8 Å². The molecule has 0 amide bonds. The Bertz CT molecular complexity index is 759. The molecule has 2 aliphatic rings. The fourth-order valence-corrected chi connectivity index (χ4v) is 5.46. The lowest BCUT2D eigenvalue weighted by atomic mass is 9.77. The average Bonchev–Trinajstić information content (AvgIpc) is 2.74. The number of rotatable bonds is 4. The molecular weight excluding hydrogens is 343 g/mol. The van der Waals surface area contributed by atoms with Crippen molar-refractivity contribution in [3.8, 4) is 11.1 Å². The maximum absolute atomic E-state index is 14.9. The van der Waals surface area contributed by atoms with Crippen LogP contribution >= 0.6 is 0 Å². The second-order valence-electron chi connectivity index (χ2n) is 9.44. The molecule has 0 spiro atoms. The van der Waals surface area contributed by atoms with Crippen LogP contribution in [0.25, 0.3) is 11.1 Å². The molecule has 0 radical (unpaired) electrons. The van der Waals surface area contributed by atoms with E-state index in [1.807, 2.05) is 0 Å². The Morgan fingerprint density at radius 3 is 1.96 bits per heavy atom. The minimum Gasteiger partial charge on any atom is -0.207 e. The smallest absolute Gasteiger partial charge is 0.127 e. The first-order valence-electron chi connectivity index (χ1n) is 11.5. The lowest BCUT2D eigenvalue weighted by Gasteiger charge is -2.28. The van der Waals surface area contributed by atoms with Crippen molar-refractivity contribution in [2.45, 2.75) is 83.5 Å². The first-order chi connectivity index (χ1) is 13.6. The Kier molecular flexibility index (Phi) is 6.19. The summed E-state index contributed by atoms with van der Waals surface area (Å²) < 4.78 is 14.9. The number of halogens is 1. The second-order valence-corrected chi connectivity index (χ2v) is 9.44. The van der Waals surface area contributed by atoms with Gasteiger partial charge in [-0.1, -0.05) is 69.5 Å². The fraction of sp³-hybridized carbons (Fsp3) is 0.556. The molecule has 0 atom stereocenters. The molecule has 0 aromatic heterocycles. The topological polar surface area (TPSA) is 0 Å². The lowest BCUT2D eigenvalue weighted by molar-refractivity contribution is 0.314. The van der Waals surface area contributed by atoms with E-state index in [2.05, 4.69) is 50.2 Å². The van der Waals surface area contributed by atoms with Crippen molar-refractivity contribution in [1.29, 1.82) is 0 Å². The number of hydrogen-bond acceptors (Lipinski definition) is 0. The summed E-state index contributed by atoms with van der Waals surface area (Å²) in [6.07, 6.45) is 11.4. The average molecular weight is 379 g/mol. The van der Waals surface area contributed by atoms with Crippen LogP contribution in [0.1, 0.15) is 94.6 Å². The third-order valence-electron chi connectivity index (χ3n) is 7.60. The molecule has 0 saturated heterocycles. The Morgan fingerprint density at radius 1 is 0.750 bits per heavy atom. The van der Waals surface area contributed by atoms with Crippen molar-refractivity contribution in [3.63, 3.8) is 0 Å². The zero-order chi connectivity index (χ0) is 19.5. The Labute approximate surface area is 170 Å². The summed E-state index contributed by atoms with van der Waals surface area (Å²) in [6.45, 7) is 4.65. The summed E-state index contributed by atoms with van der Waals surface area (Å²) in [7, 11) is 0. The van der Waals surface area contributed by atoms with Crippen LogP contribution in [0.2, 0.25) is 0 Å². The van der Waals surface area contributed by atoms with Gasteiger partial charge in [-0.2, -0.15) is 0 Å². The van der Waals surface area contributed by atoms with Gasteiger partial charge in [0.25, 0.3) is 0 Å². The molecule has 0 nitrogen and oxygen atoms in total. The lowest BCUT2D eigenvalue weighted by Crippen LogP contribution is -2.13. The molecule has 150 valence electrons. The first-order valence-corrected chi connectivity index (χ1v) is 11.5. The predicted molar refractivity (Wildman–Crippen MR) is 117 cm³/mol. The molecule has 2 aromatic rings. The van der Waals surface area contributed by atoms with Crippen LogP contribution in [-0.4, -0.2) is 0 Å². The molecule has 0 aliphatic heterocycles. The number of benzene rings is 2. The normalized spacial score (nSPS) is 28.2. The van der Waals surface area contributed by atoms with E-state index in [0.29, 0.717) is 11.8 Å². The highest BCUT2D eigenvalue weighted by atomic mass is 19.1. The van der Waals surface area contributed by atoms with Gasteiger partial charge in [0.2, 0.25) is 0 Å². The van der Waals surface area contributed by atoms with Crippen LogP contribution in [0.4, 0.5) is 4.39 Å². The van der Waals surface area contributed by atoms with E-state index >= 15 is 0 Å². The highest BCUT2D eigenvalue weighted by Gasteiger charge is 2.24. The molecule has 4 rings (SSSR count). The molecule has 28 heavy (non-hydrogen) atoms. The molecule has 0 N–H and O–H groups in total. The predicted octanol–water partition coefficient (Wildman–Crippen LogP) is 8.47. The SMILES string of the molecule is CCC1CCC(c2ccc(-c3ccc(C4CCC(C)CC4)cc3)cc2F)CC1. The largest absolute Gasteiger partial charge is 0.207 e. The molecule has 1 heteroatoms. The van der Waals surface area contributed by atoms with Gasteiger partial charge >= 0.3 is 0 Å². The van der Waals surface area contributed by atoms with Gasteiger partial charge in [0.05, 0.1) is 0 Å². The fourth-order valence-electron chi connectivity index (χ4n) is 5.46. The number of hydrogen-bond donors (Lipinski definition) is 0. The summed E-state index contributed by atoms with van der Waals surface area (Å²) in [5, 5.41) is 0. The van der Waals surface area contributed by atoms with E-state index in [1.165, 1.54) is 50.5 Å². The standard InChI is InChI=1S/C27H35F/c1-3-20-6-10-24(11-7-20)26-17-16-25(18-27(26)28)23-14-12-22(13-15-23)21-8-4-19(2)5-9-21/h12-21,24H,3-11H2,1-2H3. The van der Waals surface area contributed by atoms with E-state index in [0.717, 1.165) is 41.4 Å². The quantitative estimate of drug-likeness (QED) is 0.500. The van der Waals surface area contributed by atoms with Gasteiger partial charge < -0.3 is 0 Å². The van der Waals surface area contributed by atoms with E-state index < -0.39 is 0 Å².